The van der Waals surface area contributed by atoms with E-state index in [4.69, 9.17) is 15.2 Å². The lowest BCUT2D eigenvalue weighted by molar-refractivity contribution is -0.0567. The molecule has 0 spiro atoms. The fourth-order valence-corrected chi connectivity index (χ4v) is 1.76. The van der Waals surface area contributed by atoms with Crippen LogP contribution in [-0.2, 0) is 9.47 Å². The molecule has 0 aromatic carbocycles. The third-order valence-electron chi connectivity index (χ3n) is 2.84. The number of ether oxygens (including phenoxy) is 2. The predicted molar refractivity (Wildman–Crippen MR) is 48.0 cm³/mol. The molecule has 72 valence electrons. The zero-order valence-corrected chi connectivity index (χ0v) is 8.12. The van der Waals surface area contributed by atoms with Crippen LogP contribution in [0.3, 0.4) is 0 Å². The van der Waals surface area contributed by atoms with Crippen molar-refractivity contribution >= 4 is 0 Å². The van der Waals surface area contributed by atoms with Gasteiger partial charge in [-0.05, 0) is 20.3 Å². The van der Waals surface area contributed by atoms with Gasteiger partial charge in [0.15, 0.2) is 0 Å². The van der Waals surface area contributed by atoms with Gasteiger partial charge in [0, 0.05) is 25.7 Å². The summed E-state index contributed by atoms with van der Waals surface area (Å²) in [5, 5.41) is 0. The number of nitrogens with two attached hydrogens (primary N) is 1. The Hall–Kier alpha value is -0.120. The molecule has 1 heterocycles. The van der Waals surface area contributed by atoms with Crippen LogP contribution in [-0.4, -0.2) is 32.0 Å². The lowest BCUT2D eigenvalue weighted by Crippen LogP contribution is -2.49. The molecule has 1 saturated heterocycles. The van der Waals surface area contributed by atoms with Crippen molar-refractivity contribution in [3.8, 4) is 0 Å². The molecule has 2 unspecified atom stereocenters. The van der Waals surface area contributed by atoms with Crippen molar-refractivity contribution in [1.82, 2.24) is 0 Å². The molecule has 0 radical (unpaired) electrons. The molecule has 4 atom stereocenters. The molecule has 1 fully saturated rings. The lowest BCUT2D eigenvalue weighted by atomic mass is 9.87. The number of methoxy groups -OCH3 is 1. The van der Waals surface area contributed by atoms with Crippen LogP contribution in [0.2, 0.25) is 0 Å². The van der Waals surface area contributed by atoms with E-state index in [0.717, 1.165) is 13.0 Å². The highest BCUT2D eigenvalue weighted by molar-refractivity contribution is 4.85. The van der Waals surface area contributed by atoms with Gasteiger partial charge in [-0.3, -0.25) is 0 Å². The standard InChI is InChI=1S/C9H19NO2/c1-6(11-3)8-4-5-12-7(2)9(8)10/h6-9H,4-5,10H2,1-3H3/t6?,7-,8?,9+/m0/s1. The Kier molecular flexibility index (Phi) is 3.50. The number of hydrogen-bond donors (Lipinski definition) is 1. The number of rotatable bonds is 2. The van der Waals surface area contributed by atoms with E-state index >= 15 is 0 Å². The van der Waals surface area contributed by atoms with Crippen LogP contribution in [0.5, 0.6) is 0 Å². The number of hydrogen-bond acceptors (Lipinski definition) is 3. The van der Waals surface area contributed by atoms with E-state index in [2.05, 4.69) is 6.92 Å². The van der Waals surface area contributed by atoms with Gasteiger partial charge in [-0.15, -0.1) is 0 Å². The van der Waals surface area contributed by atoms with Crippen molar-refractivity contribution in [2.75, 3.05) is 13.7 Å². The van der Waals surface area contributed by atoms with Crippen molar-refractivity contribution < 1.29 is 9.47 Å². The maximum atomic E-state index is 5.99. The molecular formula is C9H19NO2. The third kappa shape index (κ3) is 1.97. The van der Waals surface area contributed by atoms with E-state index in [-0.39, 0.29) is 18.2 Å². The van der Waals surface area contributed by atoms with Crippen molar-refractivity contribution in [2.24, 2.45) is 11.7 Å². The Bertz CT molecular complexity index is 140. The van der Waals surface area contributed by atoms with Gasteiger partial charge in [-0.2, -0.15) is 0 Å². The molecule has 0 bridgehead atoms. The molecule has 1 rings (SSSR count). The molecule has 0 aromatic heterocycles. The maximum absolute atomic E-state index is 5.99. The highest BCUT2D eigenvalue weighted by Crippen LogP contribution is 2.23. The van der Waals surface area contributed by atoms with E-state index < -0.39 is 0 Å². The zero-order chi connectivity index (χ0) is 9.14. The van der Waals surface area contributed by atoms with Crippen molar-refractivity contribution in [2.45, 2.75) is 38.5 Å². The van der Waals surface area contributed by atoms with E-state index in [1.165, 1.54) is 0 Å². The second-order valence-electron chi connectivity index (χ2n) is 3.55. The first-order valence-electron chi connectivity index (χ1n) is 4.56. The zero-order valence-electron chi connectivity index (χ0n) is 8.12. The van der Waals surface area contributed by atoms with Crippen LogP contribution in [0.25, 0.3) is 0 Å². The Labute approximate surface area is 74.2 Å². The van der Waals surface area contributed by atoms with Crippen molar-refractivity contribution in [3.05, 3.63) is 0 Å². The summed E-state index contributed by atoms with van der Waals surface area (Å²) in [5.74, 6) is 0.443. The van der Waals surface area contributed by atoms with Gasteiger partial charge in [0.05, 0.1) is 12.2 Å². The Morgan fingerprint density at radius 1 is 1.58 bits per heavy atom. The quantitative estimate of drug-likeness (QED) is 0.671. The molecule has 0 aromatic rings. The minimum absolute atomic E-state index is 0.119. The van der Waals surface area contributed by atoms with Gasteiger partial charge in [0.1, 0.15) is 0 Å². The van der Waals surface area contributed by atoms with Crippen LogP contribution < -0.4 is 5.73 Å². The van der Waals surface area contributed by atoms with Crippen LogP contribution in [0.15, 0.2) is 0 Å². The van der Waals surface area contributed by atoms with Crippen LogP contribution in [0.1, 0.15) is 20.3 Å². The molecule has 0 saturated carbocycles. The largest absolute Gasteiger partial charge is 0.381 e. The molecule has 0 aliphatic carbocycles. The highest BCUT2D eigenvalue weighted by atomic mass is 16.5. The normalized spacial score (nSPS) is 39.5. The SMILES string of the molecule is COC(C)C1CCO[C@@H](C)[C@H]1N. The van der Waals surface area contributed by atoms with Crippen LogP contribution >= 0.6 is 0 Å². The van der Waals surface area contributed by atoms with Gasteiger partial charge in [0.25, 0.3) is 0 Å². The smallest absolute Gasteiger partial charge is 0.0701 e. The molecule has 1 aliphatic heterocycles. The summed E-state index contributed by atoms with van der Waals surface area (Å²) in [6.07, 6.45) is 1.42. The third-order valence-corrected chi connectivity index (χ3v) is 2.84. The van der Waals surface area contributed by atoms with Gasteiger partial charge >= 0.3 is 0 Å². The van der Waals surface area contributed by atoms with Crippen molar-refractivity contribution in [1.29, 1.82) is 0 Å². The summed E-state index contributed by atoms with van der Waals surface area (Å²) in [6.45, 7) is 4.91. The molecule has 1 aliphatic rings. The van der Waals surface area contributed by atoms with Crippen LogP contribution in [0, 0.1) is 5.92 Å². The van der Waals surface area contributed by atoms with Gasteiger partial charge in [0.2, 0.25) is 0 Å². The predicted octanol–water partition coefficient (Wildman–Crippen LogP) is 0.774. The lowest BCUT2D eigenvalue weighted by Gasteiger charge is -2.36. The highest BCUT2D eigenvalue weighted by Gasteiger charge is 2.32. The fourth-order valence-electron chi connectivity index (χ4n) is 1.76. The second-order valence-corrected chi connectivity index (χ2v) is 3.55. The van der Waals surface area contributed by atoms with E-state index in [1.54, 1.807) is 7.11 Å². The minimum atomic E-state index is 0.119. The van der Waals surface area contributed by atoms with Gasteiger partial charge in [-0.25, -0.2) is 0 Å². The Morgan fingerprint density at radius 2 is 2.25 bits per heavy atom. The maximum Gasteiger partial charge on any atom is 0.0701 e. The molecule has 0 amide bonds. The van der Waals surface area contributed by atoms with E-state index in [0.29, 0.717) is 5.92 Å². The summed E-state index contributed by atoms with van der Waals surface area (Å²) >= 11 is 0. The Morgan fingerprint density at radius 3 is 2.83 bits per heavy atom. The second kappa shape index (κ2) is 4.21. The summed E-state index contributed by atoms with van der Waals surface area (Å²) < 4.78 is 10.7. The minimum Gasteiger partial charge on any atom is -0.381 e. The summed E-state index contributed by atoms with van der Waals surface area (Å²) in [5.41, 5.74) is 5.99. The molecule has 3 nitrogen and oxygen atoms in total. The molecular weight excluding hydrogens is 154 g/mol. The van der Waals surface area contributed by atoms with Crippen LogP contribution in [0.4, 0.5) is 0 Å². The summed E-state index contributed by atoms with van der Waals surface area (Å²) in [6, 6.07) is 0.119. The van der Waals surface area contributed by atoms with Crippen molar-refractivity contribution in [3.63, 3.8) is 0 Å². The van der Waals surface area contributed by atoms with E-state index in [1.807, 2.05) is 6.92 Å². The van der Waals surface area contributed by atoms with E-state index in [9.17, 15) is 0 Å². The first-order valence-corrected chi connectivity index (χ1v) is 4.56. The average Bonchev–Trinajstić information content (AvgIpc) is 2.08. The average molecular weight is 173 g/mol. The van der Waals surface area contributed by atoms with Gasteiger partial charge in [-0.1, -0.05) is 0 Å². The monoisotopic (exact) mass is 173 g/mol. The Balaban J connectivity index is 2.51. The van der Waals surface area contributed by atoms with Gasteiger partial charge < -0.3 is 15.2 Å². The molecule has 2 N–H and O–H groups in total. The topological polar surface area (TPSA) is 44.5 Å². The summed E-state index contributed by atoms with van der Waals surface area (Å²) in [4.78, 5) is 0. The fraction of sp³-hybridized carbons (Fsp3) is 1.00. The first-order chi connectivity index (χ1) is 5.66. The summed E-state index contributed by atoms with van der Waals surface area (Å²) in [7, 11) is 1.73. The molecule has 3 heteroatoms. The first kappa shape index (κ1) is 9.96. The molecule has 12 heavy (non-hydrogen) atoms.